The predicted molar refractivity (Wildman–Crippen MR) is 115 cm³/mol. The molecule has 6 unspecified atom stereocenters. The molecule has 6 atom stereocenters. The Kier molecular flexibility index (Phi) is 10.4. The van der Waals surface area contributed by atoms with E-state index in [1.54, 1.807) is 0 Å². The summed E-state index contributed by atoms with van der Waals surface area (Å²) in [7, 11) is 0. The number of likely N-dealkylation sites (tertiary alicyclic amines) is 1. The Balaban J connectivity index is 2.97. The van der Waals surface area contributed by atoms with Gasteiger partial charge in [-0.25, -0.2) is 4.79 Å². The zero-order valence-electron chi connectivity index (χ0n) is 19.1. The lowest BCUT2D eigenvalue weighted by Crippen LogP contribution is -2.60. The summed E-state index contributed by atoms with van der Waals surface area (Å²) in [6.07, 6.45) is 0.621. The van der Waals surface area contributed by atoms with Crippen molar-refractivity contribution in [2.45, 2.75) is 90.6 Å². The molecule has 10 heteroatoms. The number of aliphatic carboxylic acids is 1. The first-order valence-corrected chi connectivity index (χ1v) is 11.0. The molecule has 1 heterocycles. The number of hydrogen-bond donors (Lipinski definition) is 5. The van der Waals surface area contributed by atoms with Crippen LogP contribution in [-0.2, 0) is 19.2 Å². The van der Waals surface area contributed by atoms with Crippen LogP contribution >= 0.6 is 0 Å². The maximum Gasteiger partial charge on any atom is 0.326 e. The SMILES string of the molecule is CCC(C)C(N)C(=O)NC(CC(C)C)C(=O)NC(C(=O)N1CCCC1C(=O)O)C(C)O. The number of carboxylic acid groups (broad SMARTS) is 1. The van der Waals surface area contributed by atoms with Gasteiger partial charge in [-0.3, -0.25) is 14.4 Å². The number of nitrogens with two attached hydrogens (primary N) is 1. The molecule has 1 aliphatic heterocycles. The normalized spacial score (nSPS) is 21.2. The minimum Gasteiger partial charge on any atom is -0.480 e. The second-order valence-electron chi connectivity index (χ2n) is 8.86. The molecule has 0 aromatic rings. The lowest BCUT2D eigenvalue weighted by molar-refractivity contribution is -0.150. The summed E-state index contributed by atoms with van der Waals surface area (Å²) in [6.45, 7) is 9.13. The molecule has 0 spiro atoms. The van der Waals surface area contributed by atoms with Crippen molar-refractivity contribution in [2.75, 3.05) is 6.54 Å². The molecule has 10 nitrogen and oxygen atoms in total. The van der Waals surface area contributed by atoms with Crippen LogP contribution in [0, 0.1) is 11.8 Å². The number of carbonyl (C=O) groups is 4. The summed E-state index contributed by atoms with van der Waals surface area (Å²) in [6, 6.07) is -4.01. The largest absolute Gasteiger partial charge is 0.480 e. The molecule has 0 bridgehead atoms. The van der Waals surface area contributed by atoms with E-state index < -0.39 is 54.0 Å². The number of amides is 3. The average molecular weight is 443 g/mol. The van der Waals surface area contributed by atoms with E-state index in [0.717, 1.165) is 0 Å². The van der Waals surface area contributed by atoms with E-state index in [1.807, 2.05) is 27.7 Å². The van der Waals surface area contributed by atoms with E-state index in [1.165, 1.54) is 11.8 Å². The zero-order chi connectivity index (χ0) is 23.9. The first-order chi connectivity index (χ1) is 14.4. The standard InChI is InChI=1S/C21H38N4O6/c1-6-12(4)16(22)19(28)23-14(10-11(2)3)18(27)24-17(13(5)26)20(29)25-9-7-8-15(25)21(30)31/h11-17,26H,6-10,22H2,1-5H3,(H,23,28)(H,24,27)(H,30,31). The van der Waals surface area contributed by atoms with Gasteiger partial charge in [0.15, 0.2) is 0 Å². The van der Waals surface area contributed by atoms with Crippen LogP contribution in [-0.4, -0.2) is 75.6 Å². The number of aliphatic hydroxyl groups is 1. The van der Waals surface area contributed by atoms with Gasteiger partial charge in [0.2, 0.25) is 17.7 Å². The van der Waals surface area contributed by atoms with E-state index in [0.29, 0.717) is 25.7 Å². The molecule has 178 valence electrons. The molecule has 31 heavy (non-hydrogen) atoms. The number of aliphatic hydroxyl groups excluding tert-OH is 1. The van der Waals surface area contributed by atoms with Gasteiger partial charge >= 0.3 is 5.97 Å². The number of hydrogen-bond acceptors (Lipinski definition) is 6. The van der Waals surface area contributed by atoms with Gasteiger partial charge in [-0.05, 0) is 38.0 Å². The fourth-order valence-electron chi connectivity index (χ4n) is 3.59. The van der Waals surface area contributed by atoms with Gasteiger partial charge < -0.3 is 31.5 Å². The summed E-state index contributed by atoms with van der Waals surface area (Å²) in [5.41, 5.74) is 5.97. The minimum atomic E-state index is -1.32. The fourth-order valence-corrected chi connectivity index (χ4v) is 3.59. The zero-order valence-corrected chi connectivity index (χ0v) is 19.1. The van der Waals surface area contributed by atoms with Crippen molar-refractivity contribution in [3.05, 3.63) is 0 Å². The van der Waals surface area contributed by atoms with Gasteiger partial charge in [0.1, 0.15) is 18.1 Å². The molecule has 6 N–H and O–H groups in total. The molecule has 1 aliphatic rings. The molecule has 0 aliphatic carbocycles. The van der Waals surface area contributed by atoms with Crippen molar-refractivity contribution in [2.24, 2.45) is 17.6 Å². The average Bonchev–Trinajstić information content (AvgIpc) is 3.19. The maximum atomic E-state index is 13.0. The van der Waals surface area contributed by atoms with Gasteiger partial charge in [0.25, 0.3) is 0 Å². The topological polar surface area (TPSA) is 162 Å². The van der Waals surface area contributed by atoms with Crippen LogP contribution in [0.2, 0.25) is 0 Å². The summed E-state index contributed by atoms with van der Waals surface area (Å²) in [5.74, 6) is -2.86. The summed E-state index contributed by atoms with van der Waals surface area (Å²) in [4.78, 5) is 51.0. The lowest BCUT2D eigenvalue weighted by Gasteiger charge is -2.30. The minimum absolute atomic E-state index is 0.0616. The van der Waals surface area contributed by atoms with Crippen molar-refractivity contribution in [1.29, 1.82) is 0 Å². The molecule has 1 rings (SSSR count). The monoisotopic (exact) mass is 442 g/mol. The van der Waals surface area contributed by atoms with E-state index in [9.17, 15) is 29.4 Å². The van der Waals surface area contributed by atoms with Crippen molar-refractivity contribution in [3.8, 4) is 0 Å². The van der Waals surface area contributed by atoms with Gasteiger partial charge in [0.05, 0.1) is 12.1 Å². The van der Waals surface area contributed by atoms with Crippen LogP contribution in [0.5, 0.6) is 0 Å². The van der Waals surface area contributed by atoms with Crippen LogP contribution in [0.25, 0.3) is 0 Å². The maximum absolute atomic E-state index is 13.0. The quantitative estimate of drug-likeness (QED) is 0.297. The van der Waals surface area contributed by atoms with Crippen molar-refractivity contribution in [3.63, 3.8) is 0 Å². The highest BCUT2D eigenvalue weighted by Gasteiger charge is 2.40. The highest BCUT2D eigenvalue weighted by atomic mass is 16.4. The van der Waals surface area contributed by atoms with Crippen LogP contribution in [0.4, 0.5) is 0 Å². The Morgan fingerprint density at radius 3 is 2.19 bits per heavy atom. The van der Waals surface area contributed by atoms with Crippen molar-refractivity contribution >= 4 is 23.7 Å². The third-order valence-corrected chi connectivity index (χ3v) is 5.77. The Morgan fingerprint density at radius 2 is 1.71 bits per heavy atom. The number of nitrogens with one attached hydrogen (secondary N) is 2. The van der Waals surface area contributed by atoms with Crippen LogP contribution in [0.15, 0.2) is 0 Å². The molecule has 3 amide bonds. The molecule has 1 saturated heterocycles. The first kappa shape index (κ1) is 26.8. The molecular formula is C21H38N4O6. The summed E-state index contributed by atoms with van der Waals surface area (Å²) in [5, 5.41) is 24.7. The second-order valence-corrected chi connectivity index (χ2v) is 8.86. The molecule has 1 fully saturated rings. The molecular weight excluding hydrogens is 404 g/mol. The molecule has 0 aromatic carbocycles. The second kappa shape index (κ2) is 12.0. The lowest BCUT2D eigenvalue weighted by atomic mass is 9.97. The van der Waals surface area contributed by atoms with Crippen molar-refractivity contribution < 1.29 is 29.4 Å². The Bertz CT molecular complexity index is 654. The van der Waals surface area contributed by atoms with Gasteiger partial charge in [0, 0.05) is 6.54 Å². The van der Waals surface area contributed by atoms with Crippen LogP contribution in [0.3, 0.4) is 0 Å². The summed E-state index contributed by atoms with van der Waals surface area (Å²) < 4.78 is 0. The summed E-state index contributed by atoms with van der Waals surface area (Å²) >= 11 is 0. The van der Waals surface area contributed by atoms with Gasteiger partial charge in [-0.1, -0.05) is 34.1 Å². The smallest absolute Gasteiger partial charge is 0.326 e. The molecule has 0 aromatic heterocycles. The van der Waals surface area contributed by atoms with Gasteiger partial charge in [-0.15, -0.1) is 0 Å². The Hall–Kier alpha value is -2.20. The highest BCUT2D eigenvalue weighted by Crippen LogP contribution is 2.19. The predicted octanol–water partition coefficient (Wildman–Crippen LogP) is -0.168. The number of rotatable bonds is 11. The number of nitrogens with zero attached hydrogens (tertiary/aromatic N) is 1. The Labute approximate surface area is 183 Å². The van der Waals surface area contributed by atoms with Crippen LogP contribution < -0.4 is 16.4 Å². The van der Waals surface area contributed by atoms with Crippen molar-refractivity contribution in [1.82, 2.24) is 15.5 Å². The third-order valence-electron chi connectivity index (χ3n) is 5.77. The highest BCUT2D eigenvalue weighted by molar-refractivity contribution is 5.94. The third kappa shape index (κ3) is 7.46. The first-order valence-electron chi connectivity index (χ1n) is 11.0. The molecule has 0 radical (unpaired) electrons. The number of carboxylic acids is 1. The van der Waals surface area contributed by atoms with Gasteiger partial charge in [-0.2, -0.15) is 0 Å². The van der Waals surface area contributed by atoms with E-state index in [-0.39, 0.29) is 18.4 Å². The number of carbonyl (C=O) groups excluding carboxylic acids is 3. The van der Waals surface area contributed by atoms with E-state index in [2.05, 4.69) is 10.6 Å². The van der Waals surface area contributed by atoms with Crippen LogP contribution in [0.1, 0.15) is 60.3 Å². The Morgan fingerprint density at radius 1 is 1.10 bits per heavy atom. The fraction of sp³-hybridized carbons (Fsp3) is 0.810. The van der Waals surface area contributed by atoms with E-state index >= 15 is 0 Å². The molecule has 0 saturated carbocycles. The van der Waals surface area contributed by atoms with E-state index in [4.69, 9.17) is 5.73 Å².